The number of halogens is 3. The van der Waals surface area contributed by atoms with Gasteiger partial charge in [0.2, 0.25) is 0 Å². The highest BCUT2D eigenvalue weighted by molar-refractivity contribution is 5.82. The van der Waals surface area contributed by atoms with E-state index in [1.807, 2.05) is 45.0 Å². The van der Waals surface area contributed by atoms with Crippen molar-refractivity contribution in [2.75, 3.05) is 26.2 Å². The number of para-hydroxylation sites is 1. The Morgan fingerprint density at radius 2 is 1.58 bits per heavy atom. The Balaban J connectivity index is 1.59. The van der Waals surface area contributed by atoms with Crippen LogP contribution in [0.3, 0.4) is 0 Å². The number of alkyl halides is 3. The summed E-state index contributed by atoms with van der Waals surface area (Å²) in [4.78, 5) is 26.2. The molecule has 2 saturated heterocycles. The third kappa shape index (κ3) is 6.04. The molecule has 0 aliphatic carbocycles. The van der Waals surface area contributed by atoms with Crippen molar-refractivity contribution in [3.8, 4) is 5.75 Å². The van der Waals surface area contributed by atoms with E-state index >= 15 is 0 Å². The number of carbonyl (C=O) groups excluding carboxylic acids is 2. The van der Waals surface area contributed by atoms with E-state index in [1.54, 1.807) is 4.90 Å². The van der Waals surface area contributed by atoms with Gasteiger partial charge in [0.05, 0.1) is 6.54 Å². The van der Waals surface area contributed by atoms with Gasteiger partial charge in [-0.25, -0.2) is 4.79 Å². The molecule has 2 amide bonds. The second-order valence-corrected chi connectivity index (χ2v) is 9.06. The molecule has 2 aliphatic heterocycles. The highest BCUT2D eigenvalue weighted by atomic mass is 19.4. The lowest BCUT2D eigenvalue weighted by Crippen LogP contribution is -2.41. The van der Waals surface area contributed by atoms with Crippen molar-refractivity contribution in [1.82, 2.24) is 9.80 Å². The first-order valence-electron chi connectivity index (χ1n) is 10.5. The van der Waals surface area contributed by atoms with Gasteiger partial charge in [0.25, 0.3) is 0 Å². The predicted octanol–water partition coefficient (Wildman–Crippen LogP) is 4.34. The smallest absolute Gasteiger partial charge is 0.471 e. The van der Waals surface area contributed by atoms with Gasteiger partial charge in [-0.15, -0.1) is 0 Å². The largest absolute Gasteiger partial charge is 0.488 e. The lowest BCUT2D eigenvalue weighted by molar-refractivity contribution is -0.184. The average molecular weight is 442 g/mol. The minimum atomic E-state index is -4.87. The number of benzene rings is 1. The zero-order valence-electron chi connectivity index (χ0n) is 18.1. The molecule has 1 aromatic rings. The van der Waals surface area contributed by atoms with Crippen LogP contribution in [-0.2, 0) is 9.53 Å². The molecule has 0 radical (unpaired) electrons. The van der Waals surface area contributed by atoms with Crippen molar-refractivity contribution in [1.29, 1.82) is 0 Å². The standard InChI is InChI=1S/C22H29F3N2O4/c1-21(2,3)31-20(29)26-11-8-15(9-12-26)17-6-4-5-7-18(17)30-16-10-13-27(14-16)19(28)22(23,24)25/h4-7,15-16H,8-14H2,1-3H3/t16-/m0/s1. The number of rotatable bonds is 3. The molecule has 0 bridgehead atoms. The molecule has 6 nitrogen and oxygen atoms in total. The molecule has 0 aromatic heterocycles. The fraction of sp³-hybridized carbons (Fsp3) is 0.636. The Bertz CT molecular complexity index is 799. The van der Waals surface area contributed by atoms with Crippen LogP contribution in [0.1, 0.15) is 51.5 Å². The number of amides is 2. The van der Waals surface area contributed by atoms with Crippen LogP contribution < -0.4 is 4.74 Å². The lowest BCUT2D eigenvalue weighted by Gasteiger charge is -2.34. The third-order valence-corrected chi connectivity index (χ3v) is 5.47. The number of nitrogens with zero attached hydrogens (tertiary/aromatic N) is 2. The molecule has 0 saturated carbocycles. The Morgan fingerprint density at radius 3 is 2.19 bits per heavy atom. The van der Waals surface area contributed by atoms with Gasteiger partial charge >= 0.3 is 18.2 Å². The van der Waals surface area contributed by atoms with Gasteiger partial charge in [-0.05, 0) is 51.2 Å². The first-order valence-corrected chi connectivity index (χ1v) is 10.5. The molecule has 0 unspecified atom stereocenters. The van der Waals surface area contributed by atoms with Gasteiger partial charge in [0.15, 0.2) is 0 Å². The van der Waals surface area contributed by atoms with E-state index in [9.17, 15) is 22.8 Å². The number of hydrogen-bond donors (Lipinski definition) is 0. The minimum Gasteiger partial charge on any atom is -0.488 e. The second kappa shape index (κ2) is 8.96. The van der Waals surface area contributed by atoms with Gasteiger partial charge in [-0.2, -0.15) is 13.2 Å². The van der Waals surface area contributed by atoms with Crippen molar-refractivity contribution in [2.45, 2.75) is 63.8 Å². The minimum absolute atomic E-state index is 0.0272. The highest BCUT2D eigenvalue weighted by Crippen LogP contribution is 2.36. The van der Waals surface area contributed by atoms with Crippen molar-refractivity contribution < 1.29 is 32.2 Å². The molecule has 31 heavy (non-hydrogen) atoms. The summed E-state index contributed by atoms with van der Waals surface area (Å²) in [7, 11) is 0. The fourth-order valence-corrected chi connectivity index (χ4v) is 3.99. The molecule has 2 aliphatic rings. The number of carbonyl (C=O) groups is 2. The molecule has 172 valence electrons. The quantitative estimate of drug-likeness (QED) is 0.699. The lowest BCUT2D eigenvalue weighted by atomic mass is 9.89. The number of piperidine rings is 1. The van der Waals surface area contributed by atoms with Crippen LogP contribution in [0.2, 0.25) is 0 Å². The summed E-state index contributed by atoms with van der Waals surface area (Å²) in [5.41, 5.74) is 0.434. The van der Waals surface area contributed by atoms with E-state index in [1.165, 1.54) is 0 Å². The van der Waals surface area contributed by atoms with Crippen molar-refractivity contribution in [3.05, 3.63) is 29.8 Å². The normalized spacial score (nSPS) is 20.6. The zero-order chi connectivity index (χ0) is 22.8. The maximum absolute atomic E-state index is 12.7. The van der Waals surface area contributed by atoms with E-state index in [-0.39, 0.29) is 25.1 Å². The first-order chi connectivity index (χ1) is 14.4. The Hall–Kier alpha value is -2.45. The van der Waals surface area contributed by atoms with Gasteiger partial charge in [-0.3, -0.25) is 4.79 Å². The summed E-state index contributed by atoms with van der Waals surface area (Å²) in [6.07, 6.45) is -3.83. The number of likely N-dealkylation sites (tertiary alicyclic amines) is 2. The molecule has 9 heteroatoms. The Labute approximate surface area is 180 Å². The summed E-state index contributed by atoms with van der Waals surface area (Å²) in [5.74, 6) is -1.02. The zero-order valence-corrected chi connectivity index (χ0v) is 18.1. The molecule has 3 rings (SSSR count). The van der Waals surface area contributed by atoms with E-state index in [2.05, 4.69) is 0 Å². The fourth-order valence-electron chi connectivity index (χ4n) is 3.99. The van der Waals surface area contributed by atoms with Crippen LogP contribution in [0.4, 0.5) is 18.0 Å². The van der Waals surface area contributed by atoms with Crippen LogP contribution in [0, 0.1) is 0 Å². The maximum Gasteiger partial charge on any atom is 0.471 e. The van der Waals surface area contributed by atoms with Crippen LogP contribution in [0.25, 0.3) is 0 Å². The molecule has 0 spiro atoms. The van der Waals surface area contributed by atoms with E-state index < -0.39 is 23.8 Å². The van der Waals surface area contributed by atoms with Crippen LogP contribution in [0.5, 0.6) is 5.75 Å². The van der Waals surface area contributed by atoms with Gasteiger partial charge in [-0.1, -0.05) is 18.2 Å². The van der Waals surface area contributed by atoms with Gasteiger partial charge in [0.1, 0.15) is 17.5 Å². The Kier molecular flexibility index (Phi) is 6.71. The SMILES string of the molecule is CC(C)(C)OC(=O)N1CCC(c2ccccc2O[C@H]2CCN(C(=O)C(F)(F)F)C2)CC1. The molecule has 1 atom stereocenters. The van der Waals surface area contributed by atoms with Gasteiger partial charge < -0.3 is 19.3 Å². The summed E-state index contributed by atoms with van der Waals surface area (Å²) in [6, 6.07) is 7.49. The summed E-state index contributed by atoms with van der Waals surface area (Å²) in [5, 5.41) is 0. The third-order valence-electron chi connectivity index (χ3n) is 5.47. The first kappa shape index (κ1) is 23.2. The topological polar surface area (TPSA) is 59.1 Å². The molecular weight excluding hydrogens is 413 g/mol. The Morgan fingerprint density at radius 1 is 0.968 bits per heavy atom. The second-order valence-electron chi connectivity index (χ2n) is 9.06. The molecule has 1 aromatic carbocycles. The van der Waals surface area contributed by atoms with Crippen molar-refractivity contribution >= 4 is 12.0 Å². The van der Waals surface area contributed by atoms with Gasteiger partial charge in [0, 0.05) is 26.1 Å². The van der Waals surface area contributed by atoms with E-state index in [0.717, 1.165) is 23.3 Å². The monoisotopic (exact) mass is 442 g/mol. The molecule has 2 fully saturated rings. The average Bonchev–Trinajstić information content (AvgIpc) is 3.14. The molecule has 2 heterocycles. The van der Waals surface area contributed by atoms with Crippen LogP contribution in [-0.4, -0.2) is 65.9 Å². The summed E-state index contributed by atoms with van der Waals surface area (Å²) >= 11 is 0. The maximum atomic E-state index is 12.7. The van der Waals surface area contributed by atoms with Crippen molar-refractivity contribution in [2.24, 2.45) is 0 Å². The number of hydrogen-bond acceptors (Lipinski definition) is 4. The van der Waals surface area contributed by atoms with Crippen molar-refractivity contribution in [3.63, 3.8) is 0 Å². The van der Waals surface area contributed by atoms with Crippen LogP contribution in [0.15, 0.2) is 24.3 Å². The molecular formula is C22H29F3N2O4. The highest BCUT2D eigenvalue weighted by Gasteiger charge is 2.45. The van der Waals surface area contributed by atoms with Crippen LogP contribution >= 0.6 is 0 Å². The van der Waals surface area contributed by atoms with E-state index in [0.29, 0.717) is 25.3 Å². The van der Waals surface area contributed by atoms with E-state index in [4.69, 9.17) is 9.47 Å². The predicted molar refractivity (Wildman–Crippen MR) is 108 cm³/mol. The molecule has 0 N–H and O–H groups in total. The number of ether oxygens (including phenoxy) is 2. The summed E-state index contributed by atoms with van der Waals surface area (Å²) < 4.78 is 49.5. The summed E-state index contributed by atoms with van der Waals surface area (Å²) in [6.45, 7) is 6.56.